The number of ketones is 2. The highest BCUT2D eigenvalue weighted by Gasteiger charge is 2.25. The molecule has 0 aliphatic rings. The zero-order valence-corrected chi connectivity index (χ0v) is 17.1. The number of hydrogen-bond acceptors (Lipinski definition) is 7. The average molecular weight is 395 g/mol. The monoisotopic (exact) mass is 394 g/mol. The van der Waals surface area contributed by atoms with Crippen molar-refractivity contribution in [3.05, 3.63) is 33.6 Å². The Morgan fingerprint density at radius 1 is 1.35 bits per heavy atom. The molecule has 0 spiro atoms. The number of thiazole rings is 1. The molecule has 8 heteroatoms. The molecular formula is C18H22N2O4S2. The number of hydrogen-bond donors (Lipinski definition) is 1. The van der Waals surface area contributed by atoms with Gasteiger partial charge in [-0.15, -0.1) is 11.3 Å². The number of aromatic nitrogens is 2. The molecular weight excluding hydrogens is 372 g/mol. The van der Waals surface area contributed by atoms with E-state index in [1.54, 1.807) is 26.2 Å². The number of carbonyl (C=O) groups is 3. The average Bonchev–Trinajstić information content (AvgIpc) is 3.10. The highest BCUT2D eigenvalue weighted by Crippen LogP contribution is 2.30. The van der Waals surface area contributed by atoms with E-state index in [1.807, 2.05) is 6.92 Å². The highest BCUT2D eigenvalue weighted by atomic mass is 32.2. The van der Waals surface area contributed by atoms with Gasteiger partial charge in [0.2, 0.25) is 0 Å². The number of esters is 1. The van der Waals surface area contributed by atoms with Crippen LogP contribution in [-0.2, 0) is 16.0 Å². The first-order valence-electron chi connectivity index (χ1n) is 8.25. The molecule has 0 saturated heterocycles. The lowest BCUT2D eigenvalue weighted by Gasteiger charge is -2.08. The molecule has 2 heterocycles. The summed E-state index contributed by atoms with van der Waals surface area (Å²) in [5, 5.41) is 1.43. The summed E-state index contributed by atoms with van der Waals surface area (Å²) in [6.45, 7) is 8.98. The number of Topliss-reactive ketones (excluding diaryl/α,β-unsaturated/α-hetero) is 2. The molecule has 2 aromatic heterocycles. The van der Waals surface area contributed by atoms with E-state index in [2.05, 4.69) is 9.97 Å². The molecule has 1 atom stereocenters. The van der Waals surface area contributed by atoms with Gasteiger partial charge in [-0.1, -0.05) is 11.8 Å². The molecule has 1 N–H and O–H groups in total. The lowest BCUT2D eigenvalue weighted by molar-refractivity contribution is -0.142. The maximum absolute atomic E-state index is 12.8. The third kappa shape index (κ3) is 4.62. The first-order valence-corrected chi connectivity index (χ1v) is 10.0. The maximum Gasteiger partial charge on any atom is 0.311 e. The molecule has 0 unspecified atom stereocenters. The number of H-pyrrole nitrogens is 1. The van der Waals surface area contributed by atoms with Crippen LogP contribution >= 0.6 is 23.1 Å². The van der Waals surface area contributed by atoms with E-state index < -0.39 is 0 Å². The van der Waals surface area contributed by atoms with Crippen LogP contribution in [0.1, 0.15) is 58.6 Å². The fraction of sp³-hybridized carbons (Fsp3) is 0.444. The number of nitrogens with one attached hydrogen (secondary N) is 1. The van der Waals surface area contributed by atoms with Gasteiger partial charge in [0.25, 0.3) is 0 Å². The predicted molar refractivity (Wildman–Crippen MR) is 102 cm³/mol. The number of rotatable bonds is 8. The van der Waals surface area contributed by atoms with Crippen molar-refractivity contribution in [2.24, 2.45) is 0 Å². The van der Waals surface area contributed by atoms with Crippen LogP contribution in [0.25, 0.3) is 0 Å². The molecule has 0 radical (unpaired) electrons. The number of ether oxygens (including phenoxy) is 1. The van der Waals surface area contributed by atoms with Crippen molar-refractivity contribution < 1.29 is 19.1 Å². The maximum atomic E-state index is 12.8. The van der Waals surface area contributed by atoms with Gasteiger partial charge in [0.05, 0.1) is 29.7 Å². The van der Waals surface area contributed by atoms with Crippen molar-refractivity contribution in [1.82, 2.24) is 9.97 Å². The van der Waals surface area contributed by atoms with E-state index >= 15 is 0 Å². The molecule has 140 valence electrons. The fourth-order valence-electron chi connectivity index (χ4n) is 2.72. The summed E-state index contributed by atoms with van der Waals surface area (Å²) in [6.07, 6.45) is 0.129. The van der Waals surface area contributed by atoms with E-state index in [1.165, 1.54) is 30.0 Å². The largest absolute Gasteiger partial charge is 0.466 e. The van der Waals surface area contributed by atoms with Gasteiger partial charge in [-0.3, -0.25) is 14.4 Å². The Hall–Kier alpha value is -1.93. The van der Waals surface area contributed by atoms with Crippen LogP contribution in [0.3, 0.4) is 0 Å². The summed E-state index contributed by atoms with van der Waals surface area (Å²) in [6, 6.07) is 0. The van der Waals surface area contributed by atoms with Crippen molar-refractivity contribution in [3.63, 3.8) is 0 Å². The summed E-state index contributed by atoms with van der Waals surface area (Å²) in [5.41, 5.74) is 3.09. The third-order valence-corrected chi connectivity index (χ3v) is 5.96. The summed E-state index contributed by atoms with van der Waals surface area (Å²) >= 11 is 2.74. The number of thioether (sulfide) groups is 1. The summed E-state index contributed by atoms with van der Waals surface area (Å²) in [4.78, 5) is 43.4. The van der Waals surface area contributed by atoms with Crippen molar-refractivity contribution in [3.8, 4) is 0 Å². The Morgan fingerprint density at radius 3 is 2.62 bits per heavy atom. The molecule has 26 heavy (non-hydrogen) atoms. The standard InChI is InChI=1S/C18H22N2O4S2/c1-6-24-14(22)7-13-8-25-18(20-13)26-12(5)17(23)16-9(2)15(11(4)21)10(3)19-16/h8,12,19H,6-7H2,1-5H3/t12-/m1/s1. The molecule has 0 saturated carbocycles. The number of aromatic amines is 1. The lowest BCUT2D eigenvalue weighted by Crippen LogP contribution is -2.15. The molecule has 0 fully saturated rings. The third-order valence-electron chi connectivity index (χ3n) is 3.84. The minimum atomic E-state index is -0.367. The summed E-state index contributed by atoms with van der Waals surface area (Å²) in [7, 11) is 0. The van der Waals surface area contributed by atoms with Crippen molar-refractivity contribution in [1.29, 1.82) is 0 Å². The van der Waals surface area contributed by atoms with E-state index in [0.717, 1.165) is 4.34 Å². The van der Waals surface area contributed by atoms with Gasteiger partial charge in [0.15, 0.2) is 15.9 Å². The quantitative estimate of drug-likeness (QED) is 0.417. The molecule has 0 aliphatic heterocycles. The van der Waals surface area contributed by atoms with Crippen LogP contribution in [0.4, 0.5) is 0 Å². The Morgan fingerprint density at radius 2 is 2.04 bits per heavy atom. The van der Waals surface area contributed by atoms with Gasteiger partial charge < -0.3 is 9.72 Å². The van der Waals surface area contributed by atoms with Gasteiger partial charge >= 0.3 is 5.97 Å². The Bertz CT molecular complexity index is 838. The molecule has 0 aromatic carbocycles. The van der Waals surface area contributed by atoms with E-state index in [9.17, 15) is 14.4 Å². The highest BCUT2D eigenvalue weighted by molar-refractivity contribution is 8.02. The van der Waals surface area contributed by atoms with Crippen LogP contribution in [-0.4, -0.2) is 39.4 Å². The zero-order chi connectivity index (χ0) is 19.4. The predicted octanol–water partition coefficient (Wildman–Crippen LogP) is 3.76. The number of aryl methyl sites for hydroxylation is 1. The van der Waals surface area contributed by atoms with Crippen LogP contribution in [0.15, 0.2) is 9.72 Å². The SMILES string of the molecule is CCOC(=O)Cc1csc(S[C@H](C)C(=O)c2[nH]c(C)c(C(C)=O)c2C)n1. The van der Waals surface area contributed by atoms with Gasteiger partial charge in [0, 0.05) is 16.6 Å². The first-order chi connectivity index (χ1) is 12.2. The van der Waals surface area contributed by atoms with E-state index in [-0.39, 0.29) is 29.2 Å². The van der Waals surface area contributed by atoms with Crippen molar-refractivity contribution >= 4 is 40.6 Å². The van der Waals surface area contributed by atoms with Gasteiger partial charge in [-0.25, -0.2) is 4.98 Å². The Kier molecular flexibility index (Phi) is 6.77. The molecule has 0 bridgehead atoms. The molecule has 2 aromatic rings. The molecule has 0 aliphatic carbocycles. The second-order valence-electron chi connectivity index (χ2n) is 5.89. The van der Waals surface area contributed by atoms with Crippen LogP contribution in [0.5, 0.6) is 0 Å². The Labute approximate surface area is 160 Å². The first kappa shape index (κ1) is 20.4. The van der Waals surface area contributed by atoms with E-state index in [0.29, 0.717) is 34.8 Å². The van der Waals surface area contributed by atoms with Gasteiger partial charge in [0.1, 0.15) is 0 Å². The van der Waals surface area contributed by atoms with Crippen LogP contribution < -0.4 is 0 Å². The number of carbonyl (C=O) groups excluding carboxylic acids is 3. The van der Waals surface area contributed by atoms with Crippen LogP contribution in [0, 0.1) is 13.8 Å². The topological polar surface area (TPSA) is 89.1 Å². The smallest absolute Gasteiger partial charge is 0.311 e. The van der Waals surface area contributed by atoms with Crippen LogP contribution in [0.2, 0.25) is 0 Å². The van der Waals surface area contributed by atoms with Crippen molar-refractivity contribution in [2.45, 2.75) is 50.6 Å². The fourth-order valence-corrected chi connectivity index (χ4v) is 4.76. The summed E-state index contributed by atoms with van der Waals surface area (Å²) < 4.78 is 5.63. The van der Waals surface area contributed by atoms with Gasteiger partial charge in [-0.05, 0) is 40.2 Å². The minimum Gasteiger partial charge on any atom is -0.466 e. The molecule has 6 nitrogen and oxygen atoms in total. The van der Waals surface area contributed by atoms with Crippen molar-refractivity contribution in [2.75, 3.05) is 6.61 Å². The normalized spacial score (nSPS) is 12.0. The Balaban J connectivity index is 2.08. The molecule has 2 rings (SSSR count). The van der Waals surface area contributed by atoms with E-state index in [4.69, 9.17) is 4.74 Å². The summed E-state index contributed by atoms with van der Waals surface area (Å²) in [5.74, 6) is -0.447. The second-order valence-corrected chi connectivity index (χ2v) is 8.34. The lowest BCUT2D eigenvalue weighted by atomic mass is 10.0. The zero-order valence-electron chi connectivity index (χ0n) is 15.5. The molecule has 0 amide bonds. The van der Waals surface area contributed by atoms with Gasteiger partial charge in [-0.2, -0.15) is 0 Å². The number of nitrogens with zero attached hydrogens (tertiary/aromatic N) is 1. The minimum absolute atomic E-state index is 0.0564. The second kappa shape index (κ2) is 8.64.